The van der Waals surface area contributed by atoms with Crippen LogP contribution in [0.4, 0.5) is 5.69 Å². The van der Waals surface area contributed by atoms with Crippen molar-refractivity contribution in [2.24, 2.45) is 4.99 Å². The molecule has 23 heavy (non-hydrogen) atoms. The minimum Gasteiger partial charge on any atom is -0.495 e. The number of benzene rings is 1. The van der Waals surface area contributed by atoms with Gasteiger partial charge in [0.2, 0.25) is 0 Å². The van der Waals surface area contributed by atoms with Crippen molar-refractivity contribution in [3.63, 3.8) is 0 Å². The van der Waals surface area contributed by atoms with Crippen LogP contribution in [0.2, 0.25) is 0 Å². The largest absolute Gasteiger partial charge is 0.495 e. The van der Waals surface area contributed by atoms with Gasteiger partial charge in [0.25, 0.3) is 0 Å². The molecule has 130 valence electrons. The fraction of sp³-hybridized carbons (Fsp3) is 0.562. The Morgan fingerprint density at radius 2 is 2.22 bits per heavy atom. The van der Waals surface area contributed by atoms with Gasteiger partial charge >= 0.3 is 0 Å². The molecule has 1 aromatic rings. The molecule has 0 spiro atoms. The number of methoxy groups -OCH3 is 1. The number of aliphatic hydroxyl groups excluding tert-OH is 1. The summed E-state index contributed by atoms with van der Waals surface area (Å²) < 4.78 is 5.44. The van der Waals surface area contributed by atoms with E-state index in [-0.39, 0.29) is 30.6 Å². The van der Waals surface area contributed by atoms with Crippen molar-refractivity contribution < 1.29 is 9.84 Å². The first-order valence-corrected chi connectivity index (χ1v) is 7.82. The van der Waals surface area contributed by atoms with Crippen LogP contribution in [0.15, 0.2) is 29.3 Å². The van der Waals surface area contributed by atoms with E-state index in [0.717, 1.165) is 43.5 Å². The number of ether oxygens (including phenoxy) is 1. The lowest BCUT2D eigenvalue weighted by Crippen LogP contribution is -2.44. The Kier molecular flexibility index (Phi) is 9.08. The Hall–Kier alpha value is -1.22. The van der Waals surface area contributed by atoms with Crippen LogP contribution in [0.3, 0.4) is 0 Å². The van der Waals surface area contributed by atoms with Gasteiger partial charge in [0.15, 0.2) is 5.96 Å². The number of nitrogens with one attached hydrogen (secondary N) is 2. The van der Waals surface area contributed by atoms with E-state index >= 15 is 0 Å². The summed E-state index contributed by atoms with van der Waals surface area (Å²) in [6.07, 6.45) is 1.04. The second kappa shape index (κ2) is 10.5. The summed E-state index contributed by atoms with van der Waals surface area (Å²) in [4.78, 5) is 6.65. The lowest BCUT2D eigenvalue weighted by atomic mass is 10.2. The van der Waals surface area contributed by atoms with E-state index in [4.69, 9.17) is 9.84 Å². The van der Waals surface area contributed by atoms with Crippen LogP contribution in [-0.4, -0.2) is 57.0 Å². The van der Waals surface area contributed by atoms with E-state index < -0.39 is 0 Å². The van der Waals surface area contributed by atoms with Gasteiger partial charge in [-0.15, -0.1) is 24.0 Å². The molecule has 0 aliphatic carbocycles. The van der Waals surface area contributed by atoms with Gasteiger partial charge in [0, 0.05) is 25.7 Å². The maximum Gasteiger partial charge on any atom is 0.191 e. The highest BCUT2D eigenvalue weighted by Crippen LogP contribution is 2.30. The molecule has 1 heterocycles. The van der Waals surface area contributed by atoms with Gasteiger partial charge < -0.3 is 25.4 Å². The number of aliphatic imine (C=N–C) groups is 1. The van der Waals surface area contributed by atoms with Gasteiger partial charge in [-0.25, -0.2) is 0 Å². The third-order valence-corrected chi connectivity index (χ3v) is 3.67. The maximum atomic E-state index is 8.91. The lowest BCUT2D eigenvalue weighted by molar-refractivity contribution is 0.306. The molecule has 0 amide bonds. The van der Waals surface area contributed by atoms with Crippen LogP contribution in [0, 0.1) is 0 Å². The highest BCUT2D eigenvalue weighted by molar-refractivity contribution is 14.0. The molecule has 0 saturated carbocycles. The smallest absolute Gasteiger partial charge is 0.191 e. The molecule has 1 atom stereocenters. The topological polar surface area (TPSA) is 69.1 Å². The summed E-state index contributed by atoms with van der Waals surface area (Å²) in [6.45, 7) is 5.21. The number of rotatable bonds is 6. The minimum absolute atomic E-state index is 0. The second-order valence-corrected chi connectivity index (χ2v) is 5.23. The predicted molar refractivity (Wildman–Crippen MR) is 105 cm³/mol. The molecule has 0 radical (unpaired) electrons. The minimum atomic E-state index is 0. The Bertz CT molecular complexity index is 499. The van der Waals surface area contributed by atoms with Crippen molar-refractivity contribution in [1.29, 1.82) is 0 Å². The standard InChI is InChI=1S/C16H26N4O2.HI/c1-3-17-16(18-9-11-21)19-13-8-10-20(12-13)14-6-4-5-7-15(14)22-2;/h4-7,13,21H,3,8-12H2,1-2H3,(H2,17,18,19);1H. The molecule has 1 aromatic carbocycles. The fourth-order valence-corrected chi connectivity index (χ4v) is 2.66. The zero-order valence-electron chi connectivity index (χ0n) is 13.8. The molecular weight excluding hydrogens is 407 g/mol. The molecule has 3 N–H and O–H groups in total. The zero-order chi connectivity index (χ0) is 15.8. The molecule has 0 bridgehead atoms. The molecule has 1 fully saturated rings. The molecule has 7 heteroatoms. The number of aliphatic hydroxyl groups is 1. The van der Waals surface area contributed by atoms with E-state index in [0.29, 0.717) is 12.6 Å². The van der Waals surface area contributed by atoms with Gasteiger partial charge in [-0.1, -0.05) is 12.1 Å². The van der Waals surface area contributed by atoms with Crippen molar-refractivity contribution in [2.45, 2.75) is 19.4 Å². The summed E-state index contributed by atoms with van der Waals surface area (Å²) >= 11 is 0. The van der Waals surface area contributed by atoms with Crippen LogP contribution in [0.5, 0.6) is 5.75 Å². The highest BCUT2D eigenvalue weighted by Gasteiger charge is 2.25. The Morgan fingerprint density at radius 3 is 2.91 bits per heavy atom. The van der Waals surface area contributed by atoms with Gasteiger partial charge in [-0.3, -0.25) is 4.99 Å². The van der Waals surface area contributed by atoms with Crippen LogP contribution < -0.4 is 20.3 Å². The summed E-state index contributed by atoms with van der Waals surface area (Å²) in [7, 11) is 1.70. The van der Waals surface area contributed by atoms with Crippen LogP contribution in [0.1, 0.15) is 13.3 Å². The number of hydrogen-bond donors (Lipinski definition) is 3. The van der Waals surface area contributed by atoms with Crippen molar-refractivity contribution in [2.75, 3.05) is 44.8 Å². The second-order valence-electron chi connectivity index (χ2n) is 5.23. The van der Waals surface area contributed by atoms with E-state index in [1.54, 1.807) is 7.11 Å². The maximum absolute atomic E-state index is 8.91. The molecular formula is C16H27IN4O2. The number of nitrogens with zero attached hydrogens (tertiary/aromatic N) is 2. The van der Waals surface area contributed by atoms with Crippen molar-refractivity contribution in [1.82, 2.24) is 10.6 Å². The first-order chi connectivity index (χ1) is 10.8. The van der Waals surface area contributed by atoms with Gasteiger partial charge in [-0.2, -0.15) is 0 Å². The number of guanidine groups is 1. The molecule has 1 saturated heterocycles. The van der Waals surface area contributed by atoms with Crippen molar-refractivity contribution in [3.8, 4) is 5.75 Å². The normalized spacial score (nSPS) is 17.6. The average Bonchev–Trinajstić information content (AvgIpc) is 3.01. The van der Waals surface area contributed by atoms with Crippen LogP contribution in [-0.2, 0) is 0 Å². The number of hydrogen-bond acceptors (Lipinski definition) is 4. The Balaban J connectivity index is 0.00000264. The third kappa shape index (κ3) is 5.72. The molecule has 0 aromatic heterocycles. The molecule has 1 unspecified atom stereocenters. The highest BCUT2D eigenvalue weighted by atomic mass is 127. The monoisotopic (exact) mass is 434 g/mol. The Morgan fingerprint density at radius 1 is 1.43 bits per heavy atom. The zero-order valence-corrected chi connectivity index (χ0v) is 16.1. The molecule has 2 rings (SSSR count). The Labute approximate surface area is 155 Å². The summed E-state index contributed by atoms with van der Waals surface area (Å²) in [5, 5.41) is 15.5. The SMILES string of the molecule is CCNC(=NCCO)NC1CCN(c2ccccc2OC)C1.I. The van der Waals surface area contributed by atoms with Gasteiger partial charge in [-0.05, 0) is 25.5 Å². The van der Waals surface area contributed by atoms with E-state index in [1.807, 2.05) is 25.1 Å². The molecule has 1 aliphatic rings. The molecule has 1 aliphatic heterocycles. The van der Waals surface area contributed by atoms with Crippen LogP contribution >= 0.6 is 24.0 Å². The number of anilines is 1. The van der Waals surface area contributed by atoms with Gasteiger partial charge in [0.1, 0.15) is 5.75 Å². The van der Waals surface area contributed by atoms with Crippen LogP contribution in [0.25, 0.3) is 0 Å². The average molecular weight is 434 g/mol. The lowest BCUT2D eigenvalue weighted by Gasteiger charge is -2.22. The van der Waals surface area contributed by atoms with Crippen molar-refractivity contribution >= 4 is 35.6 Å². The van der Waals surface area contributed by atoms with E-state index in [1.165, 1.54) is 0 Å². The quantitative estimate of drug-likeness (QED) is 0.359. The predicted octanol–water partition coefficient (Wildman–Crippen LogP) is 1.44. The summed E-state index contributed by atoms with van der Waals surface area (Å²) in [6, 6.07) is 8.43. The fourth-order valence-electron chi connectivity index (χ4n) is 2.66. The first-order valence-electron chi connectivity index (χ1n) is 7.82. The van der Waals surface area contributed by atoms with Gasteiger partial charge in [0.05, 0.1) is 25.9 Å². The third-order valence-electron chi connectivity index (χ3n) is 3.67. The summed E-state index contributed by atoms with van der Waals surface area (Å²) in [5.41, 5.74) is 1.13. The first kappa shape index (κ1) is 19.8. The number of halogens is 1. The van der Waals surface area contributed by atoms with E-state index in [2.05, 4.69) is 26.6 Å². The van der Waals surface area contributed by atoms with Crippen molar-refractivity contribution in [3.05, 3.63) is 24.3 Å². The van der Waals surface area contributed by atoms with E-state index in [9.17, 15) is 0 Å². The number of para-hydroxylation sites is 2. The molecule has 6 nitrogen and oxygen atoms in total. The summed E-state index contributed by atoms with van der Waals surface area (Å²) in [5.74, 6) is 1.67.